The monoisotopic (exact) mass is 372 g/mol. The predicted molar refractivity (Wildman–Crippen MR) is 108 cm³/mol. The molecule has 140 valence electrons. The lowest BCUT2D eigenvalue weighted by atomic mass is 9.95. The van der Waals surface area contributed by atoms with E-state index in [1.165, 1.54) is 5.56 Å². The molecule has 1 amide bonds. The molecule has 2 aromatic rings. The third kappa shape index (κ3) is 4.83. The maximum absolute atomic E-state index is 13.0. The second-order valence-corrected chi connectivity index (χ2v) is 7.72. The number of benzene rings is 1. The summed E-state index contributed by atoms with van der Waals surface area (Å²) in [5.41, 5.74) is 8.09. The van der Waals surface area contributed by atoms with Crippen LogP contribution >= 0.6 is 11.3 Å². The molecule has 1 aromatic carbocycles. The first-order valence-corrected chi connectivity index (χ1v) is 10.2. The van der Waals surface area contributed by atoms with E-state index < -0.39 is 0 Å². The lowest BCUT2D eigenvalue weighted by molar-refractivity contribution is -0.136. The SMILES string of the molecule is Cc1csc(N2CCC(C(=O)N(CCN)CCc3ccccc3)CC2)n1. The van der Waals surface area contributed by atoms with E-state index in [-0.39, 0.29) is 11.8 Å². The third-order valence-electron chi connectivity index (χ3n) is 4.95. The molecule has 2 heterocycles. The van der Waals surface area contributed by atoms with Crippen LogP contribution in [0.2, 0.25) is 0 Å². The molecule has 6 heteroatoms. The van der Waals surface area contributed by atoms with Crippen molar-refractivity contribution in [3.63, 3.8) is 0 Å². The van der Waals surface area contributed by atoms with Gasteiger partial charge in [0.15, 0.2) is 5.13 Å². The van der Waals surface area contributed by atoms with Crippen LogP contribution in [-0.2, 0) is 11.2 Å². The summed E-state index contributed by atoms with van der Waals surface area (Å²) in [4.78, 5) is 21.8. The number of hydrogen-bond acceptors (Lipinski definition) is 5. The summed E-state index contributed by atoms with van der Waals surface area (Å²) in [7, 11) is 0. The van der Waals surface area contributed by atoms with Gasteiger partial charge in [0.2, 0.25) is 5.91 Å². The number of hydrogen-bond donors (Lipinski definition) is 1. The van der Waals surface area contributed by atoms with Gasteiger partial charge in [-0.1, -0.05) is 30.3 Å². The van der Waals surface area contributed by atoms with Crippen molar-refractivity contribution in [2.24, 2.45) is 11.7 Å². The summed E-state index contributed by atoms with van der Waals surface area (Å²) >= 11 is 1.69. The highest BCUT2D eigenvalue weighted by atomic mass is 32.1. The number of aryl methyl sites for hydroxylation is 1. The van der Waals surface area contributed by atoms with Gasteiger partial charge in [0, 0.05) is 44.0 Å². The highest BCUT2D eigenvalue weighted by Crippen LogP contribution is 2.27. The highest BCUT2D eigenvalue weighted by Gasteiger charge is 2.29. The molecule has 3 rings (SSSR count). The zero-order valence-corrected chi connectivity index (χ0v) is 16.3. The molecule has 0 unspecified atom stereocenters. The molecule has 0 spiro atoms. The van der Waals surface area contributed by atoms with Crippen LogP contribution < -0.4 is 10.6 Å². The van der Waals surface area contributed by atoms with E-state index in [0.29, 0.717) is 13.1 Å². The largest absolute Gasteiger partial charge is 0.348 e. The van der Waals surface area contributed by atoms with Gasteiger partial charge >= 0.3 is 0 Å². The fraction of sp³-hybridized carbons (Fsp3) is 0.500. The molecular weight excluding hydrogens is 344 g/mol. The van der Waals surface area contributed by atoms with Crippen LogP contribution in [-0.4, -0.2) is 48.5 Å². The first kappa shape index (κ1) is 18.9. The van der Waals surface area contributed by atoms with Crippen LogP contribution in [0.25, 0.3) is 0 Å². The van der Waals surface area contributed by atoms with Gasteiger partial charge in [-0.05, 0) is 31.7 Å². The molecular formula is C20H28N4OS. The van der Waals surface area contributed by atoms with Gasteiger partial charge in [-0.2, -0.15) is 0 Å². The molecule has 0 aliphatic carbocycles. The van der Waals surface area contributed by atoms with Gasteiger partial charge in [-0.3, -0.25) is 4.79 Å². The maximum Gasteiger partial charge on any atom is 0.225 e. The number of amides is 1. The molecule has 1 fully saturated rings. The number of nitrogens with zero attached hydrogens (tertiary/aromatic N) is 3. The maximum atomic E-state index is 13.0. The molecule has 0 bridgehead atoms. The lowest BCUT2D eigenvalue weighted by Gasteiger charge is -2.34. The summed E-state index contributed by atoms with van der Waals surface area (Å²) in [5.74, 6) is 0.371. The number of carbonyl (C=O) groups is 1. The van der Waals surface area contributed by atoms with Gasteiger partial charge in [0.05, 0.1) is 5.69 Å². The van der Waals surface area contributed by atoms with E-state index in [9.17, 15) is 4.79 Å². The molecule has 1 aliphatic rings. The average Bonchev–Trinajstić information content (AvgIpc) is 3.12. The van der Waals surface area contributed by atoms with Crippen LogP contribution in [0.3, 0.4) is 0 Å². The van der Waals surface area contributed by atoms with E-state index in [4.69, 9.17) is 5.73 Å². The number of thiazole rings is 1. The Balaban J connectivity index is 1.54. The first-order valence-electron chi connectivity index (χ1n) is 9.37. The van der Waals surface area contributed by atoms with Crippen LogP contribution in [0, 0.1) is 12.8 Å². The number of carbonyl (C=O) groups excluding carboxylic acids is 1. The van der Waals surface area contributed by atoms with Crippen LogP contribution in [0.4, 0.5) is 5.13 Å². The van der Waals surface area contributed by atoms with E-state index >= 15 is 0 Å². The quantitative estimate of drug-likeness (QED) is 0.812. The summed E-state index contributed by atoms with van der Waals surface area (Å²) in [6.45, 7) is 5.71. The smallest absolute Gasteiger partial charge is 0.225 e. The van der Waals surface area contributed by atoms with Gasteiger partial charge in [0.25, 0.3) is 0 Å². The Labute approximate surface area is 159 Å². The van der Waals surface area contributed by atoms with Crippen LogP contribution in [0.1, 0.15) is 24.1 Å². The molecule has 2 N–H and O–H groups in total. The average molecular weight is 373 g/mol. The van der Waals surface area contributed by atoms with Crippen molar-refractivity contribution in [1.82, 2.24) is 9.88 Å². The Bertz CT molecular complexity index is 695. The summed E-state index contributed by atoms with van der Waals surface area (Å²) in [6.07, 6.45) is 2.66. The lowest BCUT2D eigenvalue weighted by Crippen LogP contribution is -2.45. The number of aromatic nitrogens is 1. The minimum Gasteiger partial charge on any atom is -0.348 e. The molecule has 0 radical (unpaired) electrons. The minimum atomic E-state index is 0.106. The Morgan fingerprint density at radius 1 is 1.27 bits per heavy atom. The molecule has 1 aromatic heterocycles. The van der Waals surface area contributed by atoms with E-state index in [0.717, 1.165) is 49.7 Å². The summed E-state index contributed by atoms with van der Waals surface area (Å²) in [6, 6.07) is 10.3. The van der Waals surface area contributed by atoms with Crippen molar-refractivity contribution in [1.29, 1.82) is 0 Å². The van der Waals surface area contributed by atoms with E-state index in [2.05, 4.69) is 27.4 Å². The van der Waals surface area contributed by atoms with Crippen molar-refractivity contribution >= 4 is 22.4 Å². The van der Waals surface area contributed by atoms with E-state index in [1.807, 2.05) is 30.0 Å². The Morgan fingerprint density at radius 2 is 2.00 bits per heavy atom. The third-order valence-corrected chi connectivity index (χ3v) is 5.96. The summed E-state index contributed by atoms with van der Waals surface area (Å²) in [5, 5.41) is 3.16. The molecule has 26 heavy (non-hydrogen) atoms. The zero-order chi connectivity index (χ0) is 18.4. The van der Waals surface area contributed by atoms with Crippen molar-refractivity contribution < 1.29 is 4.79 Å². The molecule has 0 saturated carbocycles. The second-order valence-electron chi connectivity index (χ2n) is 6.88. The molecule has 0 atom stereocenters. The van der Waals surface area contributed by atoms with Gasteiger partial charge < -0.3 is 15.5 Å². The zero-order valence-electron chi connectivity index (χ0n) is 15.4. The number of anilines is 1. The van der Waals surface area contributed by atoms with Gasteiger partial charge in [-0.15, -0.1) is 11.3 Å². The number of rotatable bonds is 7. The molecule has 5 nitrogen and oxygen atoms in total. The Morgan fingerprint density at radius 3 is 2.62 bits per heavy atom. The predicted octanol–water partition coefficient (Wildman–Crippen LogP) is 2.70. The van der Waals surface area contributed by atoms with Crippen LogP contribution in [0.5, 0.6) is 0 Å². The van der Waals surface area contributed by atoms with Crippen molar-refractivity contribution in [2.75, 3.05) is 37.6 Å². The van der Waals surface area contributed by atoms with Crippen molar-refractivity contribution in [3.05, 3.63) is 47.0 Å². The topological polar surface area (TPSA) is 62.5 Å². The van der Waals surface area contributed by atoms with Crippen molar-refractivity contribution in [3.8, 4) is 0 Å². The summed E-state index contributed by atoms with van der Waals surface area (Å²) < 4.78 is 0. The van der Waals surface area contributed by atoms with Crippen molar-refractivity contribution in [2.45, 2.75) is 26.2 Å². The Hall–Kier alpha value is -1.92. The second kappa shape index (κ2) is 9.14. The highest BCUT2D eigenvalue weighted by molar-refractivity contribution is 7.13. The standard InChI is InChI=1S/C20H28N4OS/c1-16-15-26-20(22-16)24-12-8-18(9-13-24)19(25)23(14-10-21)11-7-17-5-3-2-4-6-17/h2-6,15,18H,7-14,21H2,1H3. The van der Waals surface area contributed by atoms with Crippen LogP contribution in [0.15, 0.2) is 35.7 Å². The van der Waals surface area contributed by atoms with Gasteiger partial charge in [0.1, 0.15) is 0 Å². The number of piperidine rings is 1. The van der Waals surface area contributed by atoms with E-state index in [1.54, 1.807) is 11.3 Å². The molecule has 1 saturated heterocycles. The first-order chi connectivity index (χ1) is 12.7. The normalized spacial score (nSPS) is 15.2. The fourth-order valence-electron chi connectivity index (χ4n) is 3.46. The minimum absolute atomic E-state index is 0.106. The fourth-order valence-corrected chi connectivity index (χ4v) is 4.32. The number of nitrogens with two attached hydrogens (primary N) is 1. The Kier molecular flexibility index (Phi) is 6.63. The molecule has 1 aliphatic heterocycles. The van der Waals surface area contributed by atoms with Gasteiger partial charge in [-0.25, -0.2) is 4.98 Å².